The summed E-state index contributed by atoms with van der Waals surface area (Å²) in [5.41, 5.74) is 28.3. The molecule has 3 aliphatic carbocycles. The second-order valence-electron chi connectivity index (χ2n) is 40.1. The number of hydrogen-bond acceptors (Lipinski definition) is 12. The summed E-state index contributed by atoms with van der Waals surface area (Å²) < 4.78 is 0. The van der Waals surface area contributed by atoms with Crippen LogP contribution in [0.2, 0.25) is 0 Å². The minimum Gasteiger partial charge on any atom is -0.512 e. The summed E-state index contributed by atoms with van der Waals surface area (Å²) in [5, 5.41) is 41.8. The Balaban J connectivity index is 0.000000343. The molecule has 0 bridgehead atoms. The van der Waals surface area contributed by atoms with Gasteiger partial charge in [0.25, 0.3) is 0 Å². The first-order valence-corrected chi connectivity index (χ1v) is 50.5. The average molecular weight is 2610 g/mol. The van der Waals surface area contributed by atoms with E-state index in [4.69, 9.17) is 25.0 Å². The predicted octanol–water partition coefficient (Wildman–Crippen LogP) is 33.7. The largest absolute Gasteiger partial charge is 0.512 e. The summed E-state index contributed by atoms with van der Waals surface area (Å²) in [7, 11) is 0. The Morgan fingerprint density at radius 2 is 0.688 bits per heavy atom. The van der Waals surface area contributed by atoms with Crippen LogP contribution >= 0.6 is 0 Å². The van der Waals surface area contributed by atoms with E-state index >= 15 is 0 Å². The molecule has 4 aromatic heterocycles. The molecule has 4 N–H and O–H groups in total. The fraction of sp³-hybridized carbons (Fsp3) is 0.424. The number of hydrogen-bond donors (Lipinski definition) is 4. The third-order valence-electron chi connectivity index (χ3n) is 25.3. The number of pyridine rings is 4. The van der Waals surface area contributed by atoms with E-state index in [1.165, 1.54) is 198 Å². The van der Waals surface area contributed by atoms with Crippen molar-refractivity contribution in [2.45, 2.75) is 306 Å². The second-order valence-corrected chi connectivity index (χ2v) is 40.1. The number of aliphatic hydroxyl groups excluding tert-OH is 4. The van der Waals surface area contributed by atoms with Gasteiger partial charge in [-0.2, -0.15) is 0 Å². The van der Waals surface area contributed by atoms with Gasteiger partial charge in [-0.1, -0.05) is 282 Å². The maximum atomic E-state index is 11.7. The van der Waals surface area contributed by atoms with Gasteiger partial charge in [-0.05, 0) is 201 Å². The molecule has 0 saturated heterocycles. The van der Waals surface area contributed by atoms with Crippen molar-refractivity contribution in [1.29, 1.82) is 0 Å². The van der Waals surface area contributed by atoms with Crippen LogP contribution < -0.4 is 0 Å². The van der Waals surface area contributed by atoms with Crippen LogP contribution in [0.5, 0.6) is 0 Å². The summed E-state index contributed by atoms with van der Waals surface area (Å²) in [5.74, 6) is 4.46. The van der Waals surface area contributed by atoms with Gasteiger partial charge in [0.05, 0.1) is 45.1 Å². The van der Waals surface area contributed by atoms with Crippen molar-refractivity contribution in [1.82, 2.24) is 19.9 Å². The number of ketones is 4. The Kier molecular flexibility index (Phi) is 55.0. The molecule has 12 aromatic rings. The monoisotopic (exact) mass is 2610 g/mol. The van der Waals surface area contributed by atoms with E-state index in [0.29, 0.717) is 30.6 Å². The topological polar surface area (TPSA) is 201 Å². The molecule has 3 saturated carbocycles. The Hall–Kier alpha value is -9.16. The Morgan fingerprint density at radius 3 is 0.979 bits per heavy atom. The van der Waals surface area contributed by atoms with Gasteiger partial charge in [0.15, 0.2) is 23.1 Å². The molecule has 0 spiro atoms. The third-order valence-corrected chi connectivity index (χ3v) is 25.3. The molecule has 0 atom stereocenters. The number of nitrogens with zero attached hydrogens (tertiary/aromatic N) is 4. The Bertz CT molecular complexity index is 5700. The zero-order valence-corrected chi connectivity index (χ0v) is 97.8. The van der Waals surface area contributed by atoms with Gasteiger partial charge in [-0.3, -0.25) is 39.1 Å². The molecule has 0 aliphatic heterocycles. The van der Waals surface area contributed by atoms with E-state index in [1.807, 2.05) is 83.1 Å². The first-order chi connectivity index (χ1) is 65.2. The quantitative estimate of drug-likeness (QED) is 0.0240. The van der Waals surface area contributed by atoms with E-state index in [1.54, 1.807) is 0 Å². The van der Waals surface area contributed by atoms with Crippen LogP contribution in [0.4, 0.5) is 0 Å². The normalized spacial score (nSPS) is 13.4. The Morgan fingerprint density at radius 1 is 0.355 bits per heavy atom. The number of carbonyl (C=O) groups is 4. The fourth-order valence-corrected chi connectivity index (χ4v) is 18.5. The standard InChI is InChI=1S/3C22H22N.C21H22N.C13H24O2.C11H20O2.C9H16O2.C5H8O2.4Ir/c3*1-15-12-16(2)14-18(13-15)21-11-10-20-19(17-6-3-4-7-17)8-5-9-22(20)23-21;1-14(2)9-17-5-7-20-18(13-17)6-8-21(22-20)19-11-15(3)10-16(4)12-19;1-5-10(6-2)12(14)9-13(15)11(7-3)8-4;1-8(2)5-10(12)7-11(13)6-9(3)4;1-6(2)8(10)5-9(11)7(3)4;1-4(6)3-5(2)7;;;;/h3*5,8-13,17H,3-4,6-7H2,1-2H3;5-8,10-11,13-14H,9H2,1-4H3;9-11,14H,5-8H2,1-4H3;7-9,12H,5-6H2,1-4H3;5-7,10H,1-4H3;3,6H,1-2H3;;;;/q4*-1;;;;;;;;. The molecule has 4 heterocycles. The molecule has 8 aromatic carbocycles. The summed E-state index contributed by atoms with van der Waals surface area (Å²) in [6, 6.07) is 74.9. The number of carbonyl (C=O) groups excluding carboxylic acids is 4. The molecule has 16 heteroatoms. The number of rotatable bonds is 25. The molecule has 3 fully saturated rings. The fourth-order valence-electron chi connectivity index (χ4n) is 18.5. The molecule has 764 valence electrons. The van der Waals surface area contributed by atoms with Crippen LogP contribution in [-0.2, 0) is 106 Å². The van der Waals surface area contributed by atoms with E-state index in [-0.39, 0.29) is 150 Å². The van der Waals surface area contributed by atoms with Gasteiger partial charge < -0.3 is 20.4 Å². The van der Waals surface area contributed by atoms with E-state index in [9.17, 15) is 34.5 Å². The minimum atomic E-state index is -0.125. The van der Waals surface area contributed by atoms with Crippen LogP contribution in [0, 0.1) is 121 Å². The average Bonchev–Trinajstić information content (AvgIpc) is 1.59. The molecule has 15 rings (SSSR count). The van der Waals surface area contributed by atoms with Crippen molar-refractivity contribution >= 4 is 66.7 Å². The number of allylic oxidation sites excluding steroid dienone is 8. The molecule has 12 nitrogen and oxygen atoms in total. The van der Waals surface area contributed by atoms with Crippen LogP contribution in [-0.4, -0.2) is 63.5 Å². The van der Waals surface area contributed by atoms with Crippen molar-refractivity contribution in [2.75, 3.05) is 0 Å². The van der Waals surface area contributed by atoms with Crippen molar-refractivity contribution in [3.05, 3.63) is 308 Å². The van der Waals surface area contributed by atoms with E-state index in [2.05, 4.69) is 263 Å². The SMILES string of the molecule is CC(=O)C=C(C)O.CC(C)C(=O)C=C(O)C(C)C.CC(C)CC(=O)C=C(O)CC(C)C.CCC(CC)C(=O)C=C(O)C(CC)CC.Cc1[c-]c(-c2ccc3c(C4CCCC4)cccc3n2)cc(C)c1.Cc1[c-]c(-c2ccc3c(C4CCCC4)cccc3n2)cc(C)c1.Cc1[c-]c(-c2ccc3c(C4CCCC4)cccc3n2)cc(C)c1.Cc1[c-]c(-c2ccc3cc(CC(C)C)ccc3n2)cc(C)c1.[Ir].[Ir].[Ir].[Ir]. The molecule has 141 heavy (non-hydrogen) atoms. The number of aryl methyl sites for hydroxylation is 8. The number of fused-ring (bicyclic) bond motifs is 4. The zero-order valence-electron chi connectivity index (χ0n) is 88.2. The van der Waals surface area contributed by atoms with Crippen LogP contribution in [0.1, 0.15) is 311 Å². The van der Waals surface area contributed by atoms with Gasteiger partial charge in [-0.25, -0.2) is 0 Å². The van der Waals surface area contributed by atoms with Gasteiger partial charge in [-0.15, -0.1) is 140 Å². The second kappa shape index (κ2) is 62.5. The first-order valence-electron chi connectivity index (χ1n) is 50.5. The predicted molar refractivity (Wildman–Crippen MR) is 575 cm³/mol. The van der Waals surface area contributed by atoms with Crippen molar-refractivity contribution < 1.29 is 120 Å². The maximum absolute atomic E-state index is 11.7. The summed E-state index contributed by atoms with van der Waals surface area (Å²) in [6.45, 7) is 47.6. The molecule has 0 amide bonds. The number of aliphatic hydroxyl groups is 4. The van der Waals surface area contributed by atoms with Gasteiger partial charge in [0, 0.05) is 157 Å². The molecule has 4 radical (unpaired) electrons. The molecule has 3 aliphatic rings. The number of benzene rings is 8. The summed E-state index contributed by atoms with van der Waals surface area (Å²) in [6.07, 6.45) is 27.1. The van der Waals surface area contributed by atoms with Crippen molar-refractivity contribution in [2.24, 2.45) is 41.4 Å². The van der Waals surface area contributed by atoms with Crippen molar-refractivity contribution in [3.8, 4) is 45.0 Å². The van der Waals surface area contributed by atoms with E-state index < -0.39 is 0 Å². The third kappa shape index (κ3) is 40.8. The summed E-state index contributed by atoms with van der Waals surface area (Å²) in [4.78, 5) is 63.6. The van der Waals surface area contributed by atoms with Crippen LogP contribution in [0.3, 0.4) is 0 Å². The molecule has 0 unspecified atom stereocenters. The Labute approximate surface area is 899 Å². The minimum absolute atomic E-state index is 0. The van der Waals surface area contributed by atoms with Gasteiger partial charge >= 0.3 is 0 Å². The molecular formula is C125H156Ir4N4O8-4. The van der Waals surface area contributed by atoms with Gasteiger partial charge in [0.1, 0.15) is 0 Å². The van der Waals surface area contributed by atoms with Crippen molar-refractivity contribution in [3.63, 3.8) is 0 Å². The zero-order chi connectivity index (χ0) is 100. The smallest absolute Gasteiger partial charge is 0.162 e. The van der Waals surface area contributed by atoms with Crippen LogP contribution in [0.25, 0.3) is 88.6 Å². The number of aromatic nitrogens is 4. The van der Waals surface area contributed by atoms with Crippen LogP contribution in [0.15, 0.2) is 217 Å². The first kappa shape index (κ1) is 124. The van der Waals surface area contributed by atoms with Gasteiger partial charge in [0.2, 0.25) is 0 Å². The van der Waals surface area contributed by atoms with E-state index in [0.717, 1.165) is 123 Å². The maximum Gasteiger partial charge on any atom is 0.162 e. The summed E-state index contributed by atoms with van der Waals surface area (Å²) >= 11 is 0. The molecular weight excluding hydrogens is 2450 g/mol.